The SMILES string of the molecule is O=C(O)/C=C/CNCc1ccco1. The molecule has 0 radical (unpaired) electrons. The van der Waals surface area contributed by atoms with E-state index in [1.165, 1.54) is 0 Å². The normalized spacial score (nSPS) is 10.8. The van der Waals surface area contributed by atoms with Gasteiger partial charge in [-0.25, -0.2) is 4.79 Å². The highest BCUT2D eigenvalue weighted by molar-refractivity contribution is 5.79. The lowest BCUT2D eigenvalue weighted by Crippen LogP contribution is -2.12. The molecule has 0 amide bonds. The fourth-order valence-electron chi connectivity index (χ4n) is 0.852. The van der Waals surface area contributed by atoms with Gasteiger partial charge in [-0.15, -0.1) is 0 Å². The molecule has 1 rings (SSSR count). The molecule has 1 aromatic rings. The zero-order valence-corrected chi connectivity index (χ0v) is 7.06. The summed E-state index contributed by atoms with van der Waals surface area (Å²) in [6, 6.07) is 3.66. The van der Waals surface area contributed by atoms with E-state index in [1.807, 2.05) is 12.1 Å². The van der Waals surface area contributed by atoms with Crippen LogP contribution in [0.5, 0.6) is 0 Å². The lowest BCUT2D eigenvalue weighted by molar-refractivity contribution is -0.131. The molecular formula is C9H11NO3. The van der Waals surface area contributed by atoms with Gasteiger partial charge in [-0.2, -0.15) is 0 Å². The molecule has 0 atom stereocenters. The van der Waals surface area contributed by atoms with Gasteiger partial charge in [-0.05, 0) is 12.1 Å². The quantitative estimate of drug-likeness (QED) is 0.525. The van der Waals surface area contributed by atoms with E-state index in [-0.39, 0.29) is 0 Å². The average Bonchev–Trinajstić information content (AvgIpc) is 2.55. The highest BCUT2D eigenvalue weighted by Gasteiger charge is 1.92. The van der Waals surface area contributed by atoms with Crippen LogP contribution in [0.25, 0.3) is 0 Å². The van der Waals surface area contributed by atoms with E-state index >= 15 is 0 Å². The molecule has 0 unspecified atom stereocenters. The molecule has 1 heterocycles. The number of carboxylic acids is 1. The number of hydrogen-bond donors (Lipinski definition) is 2. The van der Waals surface area contributed by atoms with Crippen molar-refractivity contribution in [3.05, 3.63) is 36.3 Å². The zero-order chi connectivity index (χ0) is 9.52. The van der Waals surface area contributed by atoms with Crippen LogP contribution < -0.4 is 5.32 Å². The Balaban J connectivity index is 2.12. The second-order valence-electron chi connectivity index (χ2n) is 2.45. The lowest BCUT2D eigenvalue weighted by Gasteiger charge is -1.96. The van der Waals surface area contributed by atoms with E-state index < -0.39 is 5.97 Å². The molecule has 0 saturated carbocycles. The van der Waals surface area contributed by atoms with Crippen LogP contribution >= 0.6 is 0 Å². The zero-order valence-electron chi connectivity index (χ0n) is 7.06. The Hall–Kier alpha value is -1.55. The molecule has 0 aliphatic rings. The van der Waals surface area contributed by atoms with Crippen molar-refractivity contribution in [2.24, 2.45) is 0 Å². The van der Waals surface area contributed by atoms with Crippen LogP contribution in [-0.4, -0.2) is 17.6 Å². The molecule has 70 valence electrons. The van der Waals surface area contributed by atoms with Crippen LogP contribution in [0, 0.1) is 0 Å². The van der Waals surface area contributed by atoms with Gasteiger partial charge < -0.3 is 14.8 Å². The van der Waals surface area contributed by atoms with Gasteiger partial charge in [0.1, 0.15) is 5.76 Å². The number of carboxylic acid groups (broad SMARTS) is 1. The van der Waals surface area contributed by atoms with Crippen LogP contribution in [0.2, 0.25) is 0 Å². The minimum atomic E-state index is -0.931. The van der Waals surface area contributed by atoms with Crippen molar-refractivity contribution in [2.45, 2.75) is 6.54 Å². The summed E-state index contributed by atoms with van der Waals surface area (Å²) >= 11 is 0. The van der Waals surface area contributed by atoms with Crippen molar-refractivity contribution in [2.75, 3.05) is 6.54 Å². The summed E-state index contributed by atoms with van der Waals surface area (Å²) in [5.74, 6) is -0.0940. The molecule has 4 heteroatoms. The summed E-state index contributed by atoms with van der Waals surface area (Å²) in [4.78, 5) is 10.1. The van der Waals surface area contributed by atoms with E-state index in [0.717, 1.165) is 11.8 Å². The third-order valence-electron chi connectivity index (χ3n) is 1.40. The highest BCUT2D eigenvalue weighted by Crippen LogP contribution is 1.97. The topological polar surface area (TPSA) is 62.5 Å². The Kier molecular flexibility index (Phi) is 3.78. The van der Waals surface area contributed by atoms with E-state index in [9.17, 15) is 4.79 Å². The molecule has 0 saturated heterocycles. The summed E-state index contributed by atoms with van der Waals surface area (Å²) in [7, 11) is 0. The van der Waals surface area contributed by atoms with Crippen molar-refractivity contribution >= 4 is 5.97 Å². The summed E-state index contributed by atoms with van der Waals surface area (Å²) in [5, 5.41) is 11.3. The van der Waals surface area contributed by atoms with Crippen molar-refractivity contribution in [3.63, 3.8) is 0 Å². The van der Waals surface area contributed by atoms with Gasteiger partial charge in [-0.1, -0.05) is 6.08 Å². The van der Waals surface area contributed by atoms with Gasteiger partial charge in [0.15, 0.2) is 0 Å². The second kappa shape index (κ2) is 5.16. The first-order valence-electron chi connectivity index (χ1n) is 3.91. The maximum absolute atomic E-state index is 10.1. The number of rotatable bonds is 5. The van der Waals surface area contributed by atoms with Crippen molar-refractivity contribution in [1.29, 1.82) is 0 Å². The fourth-order valence-corrected chi connectivity index (χ4v) is 0.852. The van der Waals surface area contributed by atoms with E-state index in [4.69, 9.17) is 9.52 Å². The summed E-state index contributed by atoms with van der Waals surface area (Å²) < 4.78 is 5.06. The maximum Gasteiger partial charge on any atom is 0.328 e. The standard InChI is InChI=1S/C9H11NO3/c11-9(12)4-1-5-10-7-8-3-2-6-13-8/h1-4,6,10H,5,7H2,(H,11,12)/b4-1+. The monoisotopic (exact) mass is 181 g/mol. The number of carbonyl (C=O) groups is 1. The van der Waals surface area contributed by atoms with Crippen molar-refractivity contribution in [3.8, 4) is 0 Å². The van der Waals surface area contributed by atoms with Crippen LogP contribution in [-0.2, 0) is 11.3 Å². The van der Waals surface area contributed by atoms with Crippen LogP contribution in [0.4, 0.5) is 0 Å². The van der Waals surface area contributed by atoms with Crippen molar-refractivity contribution in [1.82, 2.24) is 5.32 Å². The predicted octanol–water partition coefficient (Wildman–Crippen LogP) is 1.01. The Morgan fingerprint density at radius 2 is 2.54 bits per heavy atom. The molecule has 13 heavy (non-hydrogen) atoms. The second-order valence-corrected chi connectivity index (χ2v) is 2.45. The van der Waals surface area contributed by atoms with Gasteiger partial charge in [-0.3, -0.25) is 0 Å². The third kappa shape index (κ3) is 4.12. The molecule has 0 aromatic carbocycles. The fraction of sp³-hybridized carbons (Fsp3) is 0.222. The molecule has 0 spiro atoms. The smallest absolute Gasteiger partial charge is 0.328 e. The molecule has 4 nitrogen and oxygen atoms in total. The first-order chi connectivity index (χ1) is 6.29. The molecule has 0 aliphatic heterocycles. The highest BCUT2D eigenvalue weighted by atomic mass is 16.4. The minimum Gasteiger partial charge on any atom is -0.478 e. The molecule has 0 bridgehead atoms. The average molecular weight is 181 g/mol. The molecule has 0 aliphatic carbocycles. The predicted molar refractivity (Wildman–Crippen MR) is 47.2 cm³/mol. The summed E-state index contributed by atoms with van der Waals surface area (Å²) in [5.41, 5.74) is 0. The first-order valence-corrected chi connectivity index (χ1v) is 3.91. The Labute approximate surface area is 75.9 Å². The van der Waals surface area contributed by atoms with Crippen molar-refractivity contribution < 1.29 is 14.3 Å². The number of hydrogen-bond acceptors (Lipinski definition) is 3. The molecule has 0 fully saturated rings. The number of nitrogens with one attached hydrogen (secondary N) is 1. The number of furan rings is 1. The van der Waals surface area contributed by atoms with Gasteiger partial charge >= 0.3 is 5.97 Å². The molecule has 2 N–H and O–H groups in total. The van der Waals surface area contributed by atoms with Gasteiger partial charge in [0.2, 0.25) is 0 Å². The Morgan fingerprint density at radius 1 is 1.69 bits per heavy atom. The first kappa shape index (κ1) is 9.54. The van der Waals surface area contributed by atoms with Crippen LogP contribution in [0.1, 0.15) is 5.76 Å². The van der Waals surface area contributed by atoms with Crippen LogP contribution in [0.3, 0.4) is 0 Å². The third-order valence-corrected chi connectivity index (χ3v) is 1.40. The Morgan fingerprint density at radius 3 is 3.15 bits per heavy atom. The largest absolute Gasteiger partial charge is 0.478 e. The summed E-state index contributed by atoms with van der Waals surface area (Å²) in [6.07, 6.45) is 4.25. The number of aliphatic carboxylic acids is 1. The maximum atomic E-state index is 10.1. The Bertz CT molecular complexity index is 277. The molecule has 1 aromatic heterocycles. The van der Waals surface area contributed by atoms with Crippen LogP contribution in [0.15, 0.2) is 35.0 Å². The van der Waals surface area contributed by atoms with Gasteiger partial charge in [0.05, 0.1) is 12.8 Å². The van der Waals surface area contributed by atoms with E-state index in [0.29, 0.717) is 13.1 Å². The van der Waals surface area contributed by atoms with E-state index in [1.54, 1.807) is 12.3 Å². The van der Waals surface area contributed by atoms with Gasteiger partial charge in [0.25, 0.3) is 0 Å². The lowest BCUT2D eigenvalue weighted by atomic mass is 10.4. The van der Waals surface area contributed by atoms with E-state index in [2.05, 4.69) is 5.32 Å². The molecular weight excluding hydrogens is 170 g/mol. The van der Waals surface area contributed by atoms with Gasteiger partial charge in [0, 0.05) is 12.6 Å². The summed E-state index contributed by atoms with van der Waals surface area (Å²) in [6.45, 7) is 1.13. The minimum absolute atomic E-state index is 0.521.